The molecule has 2 heterocycles. The van der Waals surface area contributed by atoms with E-state index in [1.165, 1.54) is 75.5 Å². The molecular formula is C53H36N2S. The van der Waals surface area contributed by atoms with E-state index < -0.39 is 0 Å². The number of benzene rings is 8. The first kappa shape index (κ1) is 32.7. The van der Waals surface area contributed by atoms with Crippen molar-refractivity contribution in [2.24, 2.45) is 0 Å². The number of hydrogen-bond acceptors (Lipinski definition) is 3. The first-order valence-corrected chi connectivity index (χ1v) is 20.0. The summed E-state index contributed by atoms with van der Waals surface area (Å²) >= 11 is 1.85. The molecule has 0 atom stereocenters. The SMILES string of the molecule is CC1(C)c2cc3ccccc3cc2-c2c(-c3ccc(-c4cc(-c5cccc(-c6ccc7c(c6)sc6ccccc67)c5)nc(-c5ccccc5)n4)cc3)cccc21. The van der Waals surface area contributed by atoms with Gasteiger partial charge in [0.2, 0.25) is 0 Å². The van der Waals surface area contributed by atoms with Crippen LogP contribution < -0.4 is 0 Å². The van der Waals surface area contributed by atoms with E-state index in [2.05, 4.69) is 178 Å². The van der Waals surface area contributed by atoms with Gasteiger partial charge < -0.3 is 0 Å². The van der Waals surface area contributed by atoms with Gasteiger partial charge in [-0.05, 0) is 91.7 Å². The fourth-order valence-corrected chi connectivity index (χ4v) is 9.90. The third-order valence-electron chi connectivity index (χ3n) is 11.7. The van der Waals surface area contributed by atoms with Gasteiger partial charge >= 0.3 is 0 Å². The number of thiophene rings is 1. The van der Waals surface area contributed by atoms with Gasteiger partial charge in [-0.1, -0.05) is 159 Å². The van der Waals surface area contributed by atoms with E-state index in [1.54, 1.807) is 0 Å². The Hall–Kier alpha value is -6.68. The van der Waals surface area contributed by atoms with Gasteiger partial charge in [0.05, 0.1) is 11.4 Å². The van der Waals surface area contributed by atoms with Crippen molar-refractivity contribution in [1.29, 1.82) is 0 Å². The molecule has 0 amide bonds. The Kier molecular flexibility index (Phi) is 7.42. The highest BCUT2D eigenvalue weighted by Crippen LogP contribution is 2.53. The normalized spacial score (nSPS) is 13.0. The molecule has 1 aliphatic rings. The predicted molar refractivity (Wildman–Crippen MR) is 237 cm³/mol. The summed E-state index contributed by atoms with van der Waals surface area (Å²) in [6, 6.07) is 65.9. The van der Waals surface area contributed by atoms with Crippen molar-refractivity contribution in [3.63, 3.8) is 0 Å². The van der Waals surface area contributed by atoms with Gasteiger partial charge in [-0.3, -0.25) is 0 Å². The molecule has 2 nitrogen and oxygen atoms in total. The Morgan fingerprint density at radius 1 is 0.393 bits per heavy atom. The van der Waals surface area contributed by atoms with Crippen molar-refractivity contribution in [2.75, 3.05) is 0 Å². The molecule has 0 fully saturated rings. The molecule has 0 saturated carbocycles. The Morgan fingerprint density at radius 2 is 1.02 bits per heavy atom. The largest absolute Gasteiger partial charge is 0.228 e. The van der Waals surface area contributed by atoms with Crippen molar-refractivity contribution < 1.29 is 0 Å². The van der Waals surface area contributed by atoms with E-state index in [-0.39, 0.29) is 5.41 Å². The summed E-state index contributed by atoms with van der Waals surface area (Å²) in [6.07, 6.45) is 0. The molecule has 0 spiro atoms. The van der Waals surface area contributed by atoms with E-state index >= 15 is 0 Å². The third kappa shape index (κ3) is 5.31. The van der Waals surface area contributed by atoms with Crippen molar-refractivity contribution in [3.05, 3.63) is 193 Å². The highest BCUT2D eigenvalue weighted by atomic mass is 32.1. The molecule has 3 heteroatoms. The van der Waals surface area contributed by atoms with E-state index in [1.807, 2.05) is 29.5 Å². The molecule has 0 radical (unpaired) electrons. The summed E-state index contributed by atoms with van der Waals surface area (Å²) < 4.78 is 2.62. The summed E-state index contributed by atoms with van der Waals surface area (Å²) in [4.78, 5) is 10.3. The number of hydrogen-bond donors (Lipinski definition) is 0. The summed E-state index contributed by atoms with van der Waals surface area (Å²) in [7, 11) is 0. The number of nitrogens with zero attached hydrogens (tertiary/aromatic N) is 2. The molecule has 0 N–H and O–H groups in total. The topological polar surface area (TPSA) is 25.8 Å². The maximum absolute atomic E-state index is 5.16. The van der Waals surface area contributed by atoms with Crippen LogP contribution in [-0.4, -0.2) is 9.97 Å². The predicted octanol–water partition coefficient (Wildman–Crippen LogP) is 14.6. The highest BCUT2D eigenvalue weighted by molar-refractivity contribution is 7.25. The van der Waals surface area contributed by atoms with Crippen LogP contribution >= 0.6 is 11.3 Å². The molecule has 0 bridgehead atoms. The molecule has 0 aliphatic heterocycles. The first-order chi connectivity index (χ1) is 27.5. The number of aromatic nitrogens is 2. The Balaban J connectivity index is 0.994. The quantitative estimate of drug-likeness (QED) is 0.176. The van der Waals surface area contributed by atoms with Crippen LogP contribution in [0.5, 0.6) is 0 Å². The first-order valence-electron chi connectivity index (χ1n) is 19.2. The number of fused-ring (bicyclic) bond motifs is 7. The zero-order chi connectivity index (χ0) is 37.4. The summed E-state index contributed by atoms with van der Waals surface area (Å²) in [5.74, 6) is 0.714. The minimum Gasteiger partial charge on any atom is -0.228 e. The highest BCUT2D eigenvalue weighted by Gasteiger charge is 2.37. The summed E-state index contributed by atoms with van der Waals surface area (Å²) in [5.41, 5.74) is 15.1. The Labute approximate surface area is 330 Å². The van der Waals surface area contributed by atoms with Crippen LogP contribution in [0.15, 0.2) is 182 Å². The monoisotopic (exact) mass is 732 g/mol. The molecule has 2 aromatic heterocycles. The smallest absolute Gasteiger partial charge is 0.160 e. The lowest BCUT2D eigenvalue weighted by Gasteiger charge is -2.22. The molecule has 1 aliphatic carbocycles. The molecule has 11 rings (SSSR count). The lowest BCUT2D eigenvalue weighted by molar-refractivity contribution is 0.661. The molecule has 0 unspecified atom stereocenters. The molecular weight excluding hydrogens is 697 g/mol. The standard InChI is InChI=1S/C53H36N2S/c1-53(2)45-20-11-19-41(51(45)44-29-37-14-6-7-15-38(37)30-46(44)53)33-22-24-34(25-23-33)47-32-48(55-52(54-47)35-12-4-3-5-13-35)40-17-10-16-36(28-40)39-26-27-43-42-18-8-9-21-49(42)56-50(43)31-39/h3-32H,1-2H3. The maximum atomic E-state index is 5.16. The zero-order valence-electron chi connectivity index (χ0n) is 31.1. The molecule has 56 heavy (non-hydrogen) atoms. The van der Waals surface area contributed by atoms with Gasteiger partial charge in [-0.15, -0.1) is 11.3 Å². The maximum Gasteiger partial charge on any atom is 0.160 e. The van der Waals surface area contributed by atoms with Crippen LogP contribution in [0.25, 0.3) is 98.2 Å². The summed E-state index contributed by atoms with van der Waals surface area (Å²) in [5, 5.41) is 5.19. The second-order valence-electron chi connectivity index (χ2n) is 15.4. The minimum absolute atomic E-state index is 0.0848. The van der Waals surface area contributed by atoms with Gasteiger partial charge in [-0.25, -0.2) is 9.97 Å². The van der Waals surface area contributed by atoms with Crippen molar-refractivity contribution >= 4 is 42.3 Å². The van der Waals surface area contributed by atoms with Crippen molar-refractivity contribution in [3.8, 4) is 67.3 Å². The van der Waals surface area contributed by atoms with E-state index in [0.29, 0.717) is 5.82 Å². The van der Waals surface area contributed by atoms with E-state index in [0.717, 1.165) is 28.1 Å². The molecule has 0 saturated heterocycles. The van der Waals surface area contributed by atoms with Crippen LogP contribution in [0.4, 0.5) is 0 Å². The van der Waals surface area contributed by atoms with Crippen LogP contribution in [0.3, 0.4) is 0 Å². The Morgan fingerprint density at radius 3 is 1.86 bits per heavy atom. The van der Waals surface area contributed by atoms with Crippen molar-refractivity contribution in [1.82, 2.24) is 9.97 Å². The van der Waals surface area contributed by atoms with Gasteiger partial charge in [-0.2, -0.15) is 0 Å². The fourth-order valence-electron chi connectivity index (χ4n) is 8.76. The van der Waals surface area contributed by atoms with Gasteiger partial charge in [0.15, 0.2) is 5.82 Å². The minimum atomic E-state index is -0.0848. The van der Waals surface area contributed by atoms with Crippen LogP contribution in [0.2, 0.25) is 0 Å². The summed E-state index contributed by atoms with van der Waals surface area (Å²) in [6.45, 7) is 4.71. The average molecular weight is 733 g/mol. The molecule has 8 aromatic carbocycles. The van der Waals surface area contributed by atoms with Gasteiger partial charge in [0.25, 0.3) is 0 Å². The number of rotatable bonds is 5. The fraction of sp³-hybridized carbons (Fsp3) is 0.0566. The van der Waals surface area contributed by atoms with Gasteiger partial charge in [0, 0.05) is 42.3 Å². The average Bonchev–Trinajstić information content (AvgIpc) is 3.74. The molecule has 264 valence electrons. The lowest BCUT2D eigenvalue weighted by Crippen LogP contribution is -2.14. The van der Waals surface area contributed by atoms with Gasteiger partial charge in [0.1, 0.15) is 0 Å². The third-order valence-corrected chi connectivity index (χ3v) is 12.8. The Bertz CT molecular complexity index is 3150. The molecule has 10 aromatic rings. The van der Waals surface area contributed by atoms with Crippen LogP contribution in [0.1, 0.15) is 25.0 Å². The van der Waals surface area contributed by atoms with Crippen LogP contribution in [-0.2, 0) is 5.41 Å². The van der Waals surface area contributed by atoms with Crippen molar-refractivity contribution in [2.45, 2.75) is 19.3 Å². The second kappa shape index (κ2) is 12.7. The van der Waals surface area contributed by atoms with E-state index in [9.17, 15) is 0 Å². The van der Waals surface area contributed by atoms with E-state index in [4.69, 9.17) is 9.97 Å². The van der Waals surface area contributed by atoms with Crippen LogP contribution in [0, 0.1) is 0 Å². The zero-order valence-corrected chi connectivity index (χ0v) is 31.9. The second-order valence-corrected chi connectivity index (χ2v) is 16.5. The lowest BCUT2D eigenvalue weighted by atomic mass is 9.81.